The fourth-order valence-corrected chi connectivity index (χ4v) is 4.58. The molecule has 1 aromatic carbocycles. The molecule has 0 bridgehead atoms. The van der Waals surface area contributed by atoms with E-state index in [9.17, 15) is 9.59 Å². The van der Waals surface area contributed by atoms with Gasteiger partial charge in [-0.1, -0.05) is 41.7 Å². The summed E-state index contributed by atoms with van der Waals surface area (Å²) in [5.74, 6) is -0.454. The Morgan fingerprint density at radius 3 is 2.63 bits per heavy atom. The van der Waals surface area contributed by atoms with Crippen molar-refractivity contribution in [3.8, 4) is 0 Å². The van der Waals surface area contributed by atoms with Crippen LogP contribution in [0.1, 0.15) is 36.7 Å². The molecular formula is C22H22N4O3S. The van der Waals surface area contributed by atoms with E-state index in [1.807, 2.05) is 50.4 Å². The summed E-state index contributed by atoms with van der Waals surface area (Å²) < 4.78 is 9.19. The second-order valence-corrected chi connectivity index (χ2v) is 8.03. The number of ether oxygens (including phenoxy) is 1. The van der Waals surface area contributed by atoms with Crippen molar-refractivity contribution in [2.45, 2.75) is 26.8 Å². The quantitative estimate of drug-likeness (QED) is 0.601. The van der Waals surface area contributed by atoms with Crippen LogP contribution < -0.4 is 14.9 Å². The van der Waals surface area contributed by atoms with E-state index in [0.29, 0.717) is 20.6 Å². The Morgan fingerprint density at radius 2 is 2.00 bits per heavy atom. The van der Waals surface area contributed by atoms with E-state index in [-0.39, 0.29) is 12.2 Å². The van der Waals surface area contributed by atoms with Crippen LogP contribution in [0.3, 0.4) is 0 Å². The number of rotatable bonds is 4. The summed E-state index contributed by atoms with van der Waals surface area (Å²) in [6.45, 7) is 5.74. The van der Waals surface area contributed by atoms with Gasteiger partial charge in [0.1, 0.15) is 0 Å². The first kappa shape index (κ1) is 20.0. The zero-order valence-corrected chi connectivity index (χ0v) is 18.1. The number of hydrogen-bond donors (Lipinski definition) is 0. The number of nitrogens with zero attached hydrogens (tertiary/aromatic N) is 4. The van der Waals surface area contributed by atoms with Gasteiger partial charge in [-0.3, -0.25) is 14.0 Å². The van der Waals surface area contributed by atoms with Crippen molar-refractivity contribution in [1.29, 1.82) is 0 Å². The molecular weight excluding hydrogens is 400 g/mol. The highest BCUT2D eigenvalue weighted by Gasteiger charge is 2.33. The summed E-state index contributed by atoms with van der Waals surface area (Å²) in [6, 6.07) is 8.92. The van der Waals surface area contributed by atoms with E-state index in [1.165, 1.54) is 11.3 Å². The van der Waals surface area contributed by atoms with E-state index in [2.05, 4.69) is 10.1 Å². The van der Waals surface area contributed by atoms with Gasteiger partial charge in [-0.05, 0) is 32.4 Å². The molecule has 1 aliphatic rings. The Morgan fingerprint density at radius 1 is 1.27 bits per heavy atom. The molecule has 0 N–H and O–H groups in total. The molecule has 0 fully saturated rings. The third-order valence-corrected chi connectivity index (χ3v) is 6.18. The van der Waals surface area contributed by atoms with Crippen molar-refractivity contribution in [3.63, 3.8) is 0 Å². The predicted molar refractivity (Wildman–Crippen MR) is 115 cm³/mol. The summed E-state index contributed by atoms with van der Waals surface area (Å²) in [6.07, 6.45) is 3.56. The highest BCUT2D eigenvalue weighted by Crippen LogP contribution is 2.30. The topological polar surface area (TPSA) is 78.5 Å². The highest BCUT2D eigenvalue weighted by molar-refractivity contribution is 7.07. The summed E-state index contributed by atoms with van der Waals surface area (Å²) in [5.41, 5.74) is 3.43. The fourth-order valence-electron chi connectivity index (χ4n) is 3.54. The molecule has 4 rings (SSSR count). The number of aromatic nitrogens is 3. The molecule has 3 aromatic rings. The summed E-state index contributed by atoms with van der Waals surface area (Å²) in [7, 11) is 1.86. The molecule has 1 aliphatic heterocycles. The molecule has 0 saturated carbocycles. The largest absolute Gasteiger partial charge is 0.463 e. The predicted octanol–water partition coefficient (Wildman–Crippen LogP) is 1.84. The van der Waals surface area contributed by atoms with E-state index in [4.69, 9.17) is 4.74 Å². The smallest absolute Gasteiger partial charge is 0.338 e. The standard InChI is InChI=1S/C22H22N4O3S/c1-5-29-21(28)18-13(2)24-22-26(19(18)15-9-7-6-8-10-15)20(27)17(30-22)11-16-12-23-25(4)14(16)3/h6-12,19H,5H2,1-4H3/b17-11-. The van der Waals surface area contributed by atoms with E-state index in [0.717, 1.165) is 16.8 Å². The molecule has 0 amide bonds. The SMILES string of the molecule is CCOC(=O)C1=C(C)N=c2s/c(=C\c3cnn(C)c3C)c(=O)n2C1c1ccccc1. The van der Waals surface area contributed by atoms with E-state index in [1.54, 1.807) is 29.3 Å². The van der Waals surface area contributed by atoms with Gasteiger partial charge in [-0.25, -0.2) is 9.79 Å². The average molecular weight is 423 g/mol. The van der Waals surface area contributed by atoms with Gasteiger partial charge in [0.25, 0.3) is 5.56 Å². The first-order valence-electron chi connectivity index (χ1n) is 9.65. The molecule has 2 aromatic heterocycles. The average Bonchev–Trinajstić information content (AvgIpc) is 3.21. The number of allylic oxidation sites excluding steroid dienone is 1. The van der Waals surface area contributed by atoms with Gasteiger partial charge < -0.3 is 4.74 Å². The van der Waals surface area contributed by atoms with Crippen molar-refractivity contribution < 1.29 is 9.53 Å². The fraction of sp³-hybridized carbons (Fsp3) is 0.273. The van der Waals surface area contributed by atoms with Gasteiger partial charge in [0.15, 0.2) is 4.80 Å². The molecule has 30 heavy (non-hydrogen) atoms. The zero-order chi connectivity index (χ0) is 21.4. The number of aryl methyl sites for hydroxylation is 1. The minimum Gasteiger partial charge on any atom is -0.463 e. The maximum Gasteiger partial charge on any atom is 0.338 e. The van der Waals surface area contributed by atoms with Crippen LogP contribution in [0.15, 0.2) is 57.6 Å². The lowest BCUT2D eigenvalue weighted by Crippen LogP contribution is -2.39. The first-order valence-corrected chi connectivity index (χ1v) is 10.5. The summed E-state index contributed by atoms with van der Waals surface area (Å²) in [4.78, 5) is 31.4. The van der Waals surface area contributed by atoms with Crippen LogP contribution in [-0.4, -0.2) is 26.9 Å². The van der Waals surface area contributed by atoms with Crippen molar-refractivity contribution in [3.05, 3.63) is 84.3 Å². The van der Waals surface area contributed by atoms with Crippen LogP contribution >= 0.6 is 11.3 Å². The van der Waals surface area contributed by atoms with Crippen molar-refractivity contribution >= 4 is 23.4 Å². The van der Waals surface area contributed by atoms with Gasteiger partial charge in [0.05, 0.1) is 34.6 Å². The number of carbonyl (C=O) groups excluding carboxylic acids is 1. The van der Waals surface area contributed by atoms with Crippen molar-refractivity contribution in [2.75, 3.05) is 6.61 Å². The molecule has 3 heterocycles. The summed E-state index contributed by atoms with van der Waals surface area (Å²) >= 11 is 1.31. The Kier molecular flexibility index (Phi) is 5.26. The number of thiazole rings is 1. The maximum atomic E-state index is 13.4. The molecule has 1 unspecified atom stereocenters. The third kappa shape index (κ3) is 3.33. The molecule has 0 spiro atoms. The Hall–Kier alpha value is -3.26. The van der Waals surface area contributed by atoms with Gasteiger partial charge in [-0.15, -0.1) is 0 Å². The van der Waals surface area contributed by atoms with Gasteiger partial charge >= 0.3 is 5.97 Å². The second-order valence-electron chi connectivity index (χ2n) is 7.02. The van der Waals surface area contributed by atoms with Gasteiger partial charge in [-0.2, -0.15) is 5.10 Å². The number of carbonyl (C=O) groups is 1. The Bertz CT molecular complexity index is 1330. The van der Waals surface area contributed by atoms with Crippen LogP contribution in [0.5, 0.6) is 0 Å². The number of hydrogen-bond acceptors (Lipinski definition) is 6. The molecule has 0 aliphatic carbocycles. The molecule has 0 saturated heterocycles. The van der Waals surface area contributed by atoms with Crippen LogP contribution in [0, 0.1) is 6.92 Å². The number of esters is 1. The number of fused-ring (bicyclic) bond motifs is 1. The monoisotopic (exact) mass is 422 g/mol. The van der Waals surface area contributed by atoms with Gasteiger partial charge in [0, 0.05) is 18.3 Å². The molecule has 1 atom stereocenters. The van der Waals surface area contributed by atoms with Crippen LogP contribution in [0.2, 0.25) is 0 Å². The second kappa shape index (κ2) is 7.87. The van der Waals surface area contributed by atoms with Crippen LogP contribution in [0.25, 0.3) is 6.08 Å². The third-order valence-electron chi connectivity index (χ3n) is 5.19. The molecule has 154 valence electrons. The Labute approximate surface area is 177 Å². The lowest BCUT2D eigenvalue weighted by atomic mass is 9.96. The molecule has 8 heteroatoms. The minimum absolute atomic E-state index is 0.190. The van der Waals surface area contributed by atoms with Crippen molar-refractivity contribution in [1.82, 2.24) is 14.3 Å². The van der Waals surface area contributed by atoms with Crippen LogP contribution in [-0.2, 0) is 16.6 Å². The van der Waals surface area contributed by atoms with Gasteiger partial charge in [0.2, 0.25) is 0 Å². The highest BCUT2D eigenvalue weighted by atomic mass is 32.1. The van der Waals surface area contributed by atoms with Crippen LogP contribution in [0.4, 0.5) is 0 Å². The lowest BCUT2D eigenvalue weighted by molar-refractivity contribution is -0.139. The normalized spacial score (nSPS) is 16.4. The lowest BCUT2D eigenvalue weighted by Gasteiger charge is -2.24. The van der Waals surface area contributed by atoms with Crippen molar-refractivity contribution in [2.24, 2.45) is 12.0 Å². The van der Waals surface area contributed by atoms with E-state index >= 15 is 0 Å². The molecule has 7 nitrogen and oxygen atoms in total. The zero-order valence-electron chi connectivity index (χ0n) is 17.2. The molecule has 0 radical (unpaired) electrons. The minimum atomic E-state index is -0.585. The first-order chi connectivity index (χ1) is 14.4. The maximum absolute atomic E-state index is 13.4. The number of benzene rings is 1. The van der Waals surface area contributed by atoms with E-state index < -0.39 is 12.0 Å². The Balaban J connectivity index is 1.97. The summed E-state index contributed by atoms with van der Waals surface area (Å²) in [5, 5.41) is 4.24.